The lowest BCUT2D eigenvalue weighted by molar-refractivity contribution is 0.322. The lowest BCUT2D eigenvalue weighted by Crippen LogP contribution is -2.10. The lowest BCUT2D eigenvalue weighted by atomic mass is 10.1. The maximum atomic E-state index is 6.59. The summed E-state index contributed by atoms with van der Waals surface area (Å²) in [5.41, 5.74) is 4.21. The van der Waals surface area contributed by atoms with Crippen LogP contribution in [0.25, 0.3) is 10.9 Å². The zero-order valence-corrected chi connectivity index (χ0v) is 21.7. The minimum atomic E-state index is 0.0811. The van der Waals surface area contributed by atoms with Crippen molar-refractivity contribution in [2.45, 2.75) is 25.9 Å². The molecule has 3 aromatic rings. The van der Waals surface area contributed by atoms with Gasteiger partial charge in [-0.2, -0.15) is 0 Å². The van der Waals surface area contributed by atoms with Crippen molar-refractivity contribution in [3.8, 4) is 17.2 Å². The number of nitrogens with zero attached hydrogens (tertiary/aromatic N) is 2. The third kappa shape index (κ3) is 5.27. The highest BCUT2D eigenvalue weighted by Crippen LogP contribution is 2.50. The standard InChI is InChI=1S/C30H29N2O3P/c1-20-16-29(30(36-21(20)2)24-12-8-9-14-31-24)35-26-13-15-32-25-18-28(27(33-3)17-23(25)26)34-19-22-10-6-4-5-7-11-22/h4,6-18,30,36H,5,19H2,1-3H3. The van der Waals surface area contributed by atoms with Crippen molar-refractivity contribution in [1.29, 1.82) is 0 Å². The van der Waals surface area contributed by atoms with E-state index < -0.39 is 0 Å². The number of ether oxygens (including phenoxy) is 3. The van der Waals surface area contributed by atoms with Crippen LogP contribution >= 0.6 is 8.58 Å². The fourth-order valence-electron chi connectivity index (χ4n) is 4.16. The first kappa shape index (κ1) is 24.0. The average Bonchev–Trinajstić information content (AvgIpc) is 3.18. The second-order valence-corrected chi connectivity index (χ2v) is 10.3. The highest BCUT2D eigenvalue weighted by Gasteiger charge is 2.26. The van der Waals surface area contributed by atoms with Crippen LogP contribution in [0.4, 0.5) is 0 Å². The van der Waals surface area contributed by atoms with Gasteiger partial charge in [0.25, 0.3) is 0 Å². The molecule has 0 bridgehead atoms. The molecule has 5 nitrogen and oxygen atoms in total. The predicted octanol–water partition coefficient (Wildman–Crippen LogP) is 7.45. The van der Waals surface area contributed by atoms with E-state index in [1.54, 1.807) is 13.3 Å². The van der Waals surface area contributed by atoms with Gasteiger partial charge >= 0.3 is 0 Å². The van der Waals surface area contributed by atoms with Crippen LogP contribution < -0.4 is 14.2 Å². The Balaban J connectivity index is 1.47. The number of pyridine rings is 2. The molecule has 0 spiro atoms. The molecule has 2 aliphatic rings. The molecule has 1 aliphatic carbocycles. The fraction of sp³-hybridized carbons (Fsp3) is 0.200. The summed E-state index contributed by atoms with van der Waals surface area (Å²) < 4.78 is 18.4. The quantitative estimate of drug-likeness (QED) is 0.318. The molecule has 2 aromatic heterocycles. The Kier molecular flexibility index (Phi) is 7.29. The van der Waals surface area contributed by atoms with Gasteiger partial charge < -0.3 is 14.2 Å². The topological polar surface area (TPSA) is 53.5 Å². The molecular weight excluding hydrogens is 467 g/mol. The number of benzene rings is 1. The third-order valence-corrected chi connectivity index (χ3v) is 7.94. The molecule has 0 radical (unpaired) electrons. The van der Waals surface area contributed by atoms with E-state index in [1.165, 1.54) is 10.9 Å². The maximum absolute atomic E-state index is 6.59. The average molecular weight is 497 g/mol. The molecule has 1 aliphatic heterocycles. The summed E-state index contributed by atoms with van der Waals surface area (Å²) in [6.07, 6.45) is 17.1. The molecule has 5 rings (SSSR count). The van der Waals surface area contributed by atoms with Crippen molar-refractivity contribution in [2.75, 3.05) is 13.7 Å². The monoisotopic (exact) mass is 496 g/mol. The minimum Gasteiger partial charge on any atom is -0.493 e. The third-order valence-electron chi connectivity index (χ3n) is 6.24. The summed E-state index contributed by atoms with van der Waals surface area (Å²) in [6.45, 7) is 4.76. The van der Waals surface area contributed by atoms with Gasteiger partial charge in [0.2, 0.25) is 0 Å². The zero-order chi connectivity index (χ0) is 24.9. The van der Waals surface area contributed by atoms with Gasteiger partial charge in [-0.1, -0.05) is 45.0 Å². The Morgan fingerprint density at radius 3 is 2.75 bits per heavy atom. The van der Waals surface area contributed by atoms with Crippen LogP contribution in [0.1, 0.15) is 31.6 Å². The van der Waals surface area contributed by atoms with Crippen LogP contribution in [0.2, 0.25) is 0 Å². The van der Waals surface area contributed by atoms with Crippen molar-refractivity contribution < 1.29 is 14.2 Å². The van der Waals surface area contributed by atoms with Gasteiger partial charge in [-0.25, -0.2) is 0 Å². The molecule has 1 aromatic carbocycles. The van der Waals surface area contributed by atoms with E-state index in [0.29, 0.717) is 26.7 Å². The summed E-state index contributed by atoms with van der Waals surface area (Å²) >= 11 is 0. The van der Waals surface area contributed by atoms with Gasteiger partial charge in [0, 0.05) is 23.8 Å². The van der Waals surface area contributed by atoms with E-state index in [2.05, 4.69) is 66.3 Å². The Hall–Kier alpha value is -3.69. The van der Waals surface area contributed by atoms with Crippen LogP contribution in [0.15, 0.2) is 107 Å². The molecule has 0 N–H and O–H groups in total. The molecule has 182 valence electrons. The second-order valence-electron chi connectivity index (χ2n) is 8.71. The van der Waals surface area contributed by atoms with Crippen LogP contribution in [0, 0.1) is 0 Å². The Morgan fingerprint density at radius 1 is 1.00 bits per heavy atom. The summed E-state index contributed by atoms with van der Waals surface area (Å²) in [5, 5.41) is 2.24. The number of fused-ring (bicyclic) bond motifs is 1. The first-order valence-corrected chi connectivity index (χ1v) is 13.1. The first-order chi connectivity index (χ1) is 17.6. The van der Waals surface area contributed by atoms with Crippen molar-refractivity contribution in [2.24, 2.45) is 0 Å². The fourth-order valence-corrected chi connectivity index (χ4v) is 5.50. The van der Waals surface area contributed by atoms with Crippen LogP contribution in [-0.4, -0.2) is 23.7 Å². The van der Waals surface area contributed by atoms with Crippen LogP contribution in [0.5, 0.6) is 17.2 Å². The molecule has 36 heavy (non-hydrogen) atoms. The number of methoxy groups -OCH3 is 1. The van der Waals surface area contributed by atoms with Gasteiger partial charge in [-0.15, -0.1) is 0 Å². The number of aromatic nitrogens is 2. The largest absolute Gasteiger partial charge is 0.493 e. The van der Waals surface area contributed by atoms with Crippen molar-refractivity contribution >= 4 is 19.5 Å². The van der Waals surface area contributed by atoms with Gasteiger partial charge in [-0.3, -0.25) is 9.97 Å². The van der Waals surface area contributed by atoms with E-state index in [0.717, 1.165) is 40.1 Å². The molecular formula is C30H29N2O3P. The number of hydrogen-bond donors (Lipinski definition) is 0. The predicted molar refractivity (Wildman–Crippen MR) is 147 cm³/mol. The number of hydrogen-bond acceptors (Lipinski definition) is 5. The summed E-state index contributed by atoms with van der Waals surface area (Å²) in [5.74, 6) is 2.91. The molecule has 2 unspecified atom stereocenters. The molecule has 0 saturated carbocycles. The van der Waals surface area contributed by atoms with E-state index in [-0.39, 0.29) is 5.66 Å². The van der Waals surface area contributed by atoms with E-state index in [9.17, 15) is 0 Å². The Morgan fingerprint density at radius 2 is 1.92 bits per heavy atom. The first-order valence-electron chi connectivity index (χ1n) is 12.0. The van der Waals surface area contributed by atoms with Gasteiger partial charge in [0.05, 0.1) is 24.0 Å². The summed E-state index contributed by atoms with van der Waals surface area (Å²) in [6, 6.07) is 11.8. The molecule has 0 fully saturated rings. The maximum Gasteiger partial charge on any atom is 0.163 e. The van der Waals surface area contributed by atoms with E-state index >= 15 is 0 Å². The smallest absolute Gasteiger partial charge is 0.163 e. The minimum absolute atomic E-state index is 0.0811. The Bertz CT molecular complexity index is 1420. The highest BCUT2D eigenvalue weighted by atomic mass is 31.1. The van der Waals surface area contributed by atoms with E-state index in [1.807, 2.05) is 36.5 Å². The van der Waals surface area contributed by atoms with Gasteiger partial charge in [0.1, 0.15) is 18.1 Å². The van der Waals surface area contributed by atoms with Gasteiger partial charge in [-0.05, 0) is 67.1 Å². The van der Waals surface area contributed by atoms with Gasteiger partial charge in [0.15, 0.2) is 11.5 Å². The normalized spacial score (nSPS) is 18.1. The molecule has 0 amide bonds. The molecule has 2 atom stereocenters. The number of rotatable bonds is 7. The molecule has 0 saturated heterocycles. The van der Waals surface area contributed by atoms with Crippen molar-refractivity contribution in [3.63, 3.8) is 0 Å². The van der Waals surface area contributed by atoms with Crippen molar-refractivity contribution in [1.82, 2.24) is 9.97 Å². The molecule has 3 heterocycles. The summed E-state index contributed by atoms with van der Waals surface area (Å²) in [4.78, 5) is 9.21. The lowest BCUT2D eigenvalue weighted by Gasteiger charge is -2.26. The zero-order valence-electron chi connectivity index (χ0n) is 20.7. The Labute approximate surface area is 213 Å². The van der Waals surface area contributed by atoms with Crippen LogP contribution in [0.3, 0.4) is 0 Å². The number of allylic oxidation sites excluding steroid dienone is 8. The van der Waals surface area contributed by atoms with Crippen LogP contribution in [-0.2, 0) is 0 Å². The summed E-state index contributed by atoms with van der Waals surface area (Å²) in [7, 11) is 2.23. The highest BCUT2D eigenvalue weighted by molar-refractivity contribution is 7.43. The van der Waals surface area contributed by atoms with E-state index in [4.69, 9.17) is 14.2 Å². The van der Waals surface area contributed by atoms with Crippen molar-refractivity contribution in [3.05, 3.63) is 113 Å². The second kappa shape index (κ2) is 10.9. The SMILES string of the molecule is COc1cc2c(OC3=CC(C)=C(C)PC3c3ccccn3)ccnc2cc1OCC1=CC=CCC=C1. The molecule has 6 heteroatoms.